The van der Waals surface area contributed by atoms with Gasteiger partial charge in [-0.3, -0.25) is 24.0 Å². The zero-order valence-corrected chi connectivity index (χ0v) is 29.5. The summed E-state index contributed by atoms with van der Waals surface area (Å²) in [5.41, 5.74) is 1.95. The third kappa shape index (κ3) is 10.2. The van der Waals surface area contributed by atoms with E-state index in [9.17, 15) is 29.1 Å². The van der Waals surface area contributed by atoms with Crippen LogP contribution in [-0.2, 0) is 25.6 Å². The molecule has 2 aliphatic rings. The van der Waals surface area contributed by atoms with Gasteiger partial charge in [0.1, 0.15) is 17.8 Å². The van der Waals surface area contributed by atoms with Gasteiger partial charge in [-0.05, 0) is 79.5 Å². The van der Waals surface area contributed by atoms with Crippen LogP contribution in [0.5, 0.6) is 5.75 Å². The minimum atomic E-state index is -0.834. The average Bonchev–Trinajstić information content (AvgIpc) is 3.80. The number of aromatic nitrogens is 2. The molecule has 0 unspecified atom stereocenters. The molecule has 0 saturated carbocycles. The zero-order valence-electron chi connectivity index (χ0n) is 29.5. The van der Waals surface area contributed by atoms with Crippen molar-refractivity contribution >= 4 is 29.5 Å². The SMILES string of the molecule is CC(C)[C@@H]1CC[C@@H](C)CC(=O)N[C@@H](Cc2ccc(O)cc2)C(=O)NCCCC(=O)N2C[C@H](NC(=O)c3cccc(-n4cccn4)c3)C[C@H]2C(=O)N1. The van der Waals surface area contributed by atoms with Crippen LogP contribution < -0.4 is 21.3 Å². The van der Waals surface area contributed by atoms with Gasteiger partial charge in [-0.2, -0.15) is 5.10 Å². The summed E-state index contributed by atoms with van der Waals surface area (Å²) in [6, 6.07) is 13.1. The molecule has 3 aromatic rings. The van der Waals surface area contributed by atoms with Gasteiger partial charge in [0.25, 0.3) is 5.91 Å². The highest BCUT2D eigenvalue weighted by molar-refractivity contribution is 5.95. The van der Waals surface area contributed by atoms with E-state index in [0.717, 1.165) is 11.3 Å². The Bertz CT molecular complexity index is 1680. The van der Waals surface area contributed by atoms with Crippen LogP contribution in [0.15, 0.2) is 67.0 Å². The van der Waals surface area contributed by atoms with E-state index in [0.29, 0.717) is 24.8 Å². The zero-order chi connectivity index (χ0) is 36.5. The molecule has 0 bridgehead atoms. The monoisotopic (exact) mass is 699 g/mol. The van der Waals surface area contributed by atoms with Crippen molar-refractivity contribution in [2.24, 2.45) is 11.8 Å². The number of rotatable bonds is 6. The topological polar surface area (TPSA) is 175 Å². The van der Waals surface area contributed by atoms with Gasteiger partial charge in [-0.25, -0.2) is 4.68 Å². The lowest BCUT2D eigenvalue weighted by molar-refractivity contribution is -0.139. The Morgan fingerprint density at radius 2 is 1.80 bits per heavy atom. The second-order valence-electron chi connectivity index (χ2n) is 14.1. The maximum absolute atomic E-state index is 13.8. The van der Waals surface area contributed by atoms with Crippen LogP contribution >= 0.6 is 0 Å². The summed E-state index contributed by atoms with van der Waals surface area (Å²) < 4.78 is 1.66. The number of aromatic hydroxyl groups is 1. The number of nitrogens with one attached hydrogen (secondary N) is 4. The molecule has 13 heteroatoms. The number of nitrogens with zero attached hydrogens (tertiary/aromatic N) is 3. The first kappa shape index (κ1) is 37.1. The highest BCUT2D eigenvalue weighted by Crippen LogP contribution is 2.23. The predicted molar refractivity (Wildman–Crippen MR) is 191 cm³/mol. The van der Waals surface area contributed by atoms with Gasteiger partial charge in [-0.15, -0.1) is 0 Å². The Balaban J connectivity index is 1.30. The van der Waals surface area contributed by atoms with Crippen molar-refractivity contribution in [1.29, 1.82) is 0 Å². The van der Waals surface area contributed by atoms with Gasteiger partial charge in [0, 0.05) is 62.4 Å². The number of fused-ring (bicyclic) bond motifs is 1. The molecular weight excluding hydrogens is 650 g/mol. The maximum atomic E-state index is 13.8. The Kier molecular flexibility index (Phi) is 12.5. The highest BCUT2D eigenvalue weighted by Gasteiger charge is 2.41. The molecule has 2 saturated heterocycles. The van der Waals surface area contributed by atoms with Gasteiger partial charge < -0.3 is 31.3 Å². The first-order valence-corrected chi connectivity index (χ1v) is 17.8. The molecule has 0 aliphatic carbocycles. The summed E-state index contributed by atoms with van der Waals surface area (Å²) in [6.07, 6.45) is 5.85. The Hall–Kier alpha value is -5.20. The molecular formula is C38H49N7O6. The van der Waals surface area contributed by atoms with Crippen molar-refractivity contribution < 1.29 is 29.1 Å². The number of hydrogen-bond acceptors (Lipinski definition) is 7. The molecule has 272 valence electrons. The number of phenols is 1. The summed E-state index contributed by atoms with van der Waals surface area (Å²) in [4.78, 5) is 68.9. The molecule has 2 aromatic carbocycles. The quantitative estimate of drug-likeness (QED) is 0.263. The number of amides is 5. The van der Waals surface area contributed by atoms with Crippen LogP contribution in [0.1, 0.15) is 75.2 Å². The minimum absolute atomic E-state index is 0.0182. The van der Waals surface area contributed by atoms with Crippen molar-refractivity contribution in [2.75, 3.05) is 13.1 Å². The van der Waals surface area contributed by atoms with Crippen LogP contribution in [0, 0.1) is 11.8 Å². The van der Waals surface area contributed by atoms with Crippen molar-refractivity contribution in [3.63, 3.8) is 0 Å². The molecule has 5 rings (SSSR count). The highest BCUT2D eigenvalue weighted by atomic mass is 16.3. The van der Waals surface area contributed by atoms with E-state index in [2.05, 4.69) is 26.4 Å². The number of benzene rings is 2. The summed E-state index contributed by atoms with van der Waals surface area (Å²) in [5, 5.41) is 25.9. The molecule has 5 N–H and O–H groups in total. The van der Waals surface area contributed by atoms with Crippen molar-refractivity contribution in [3.05, 3.63) is 78.1 Å². The molecule has 3 heterocycles. The predicted octanol–water partition coefficient (Wildman–Crippen LogP) is 2.86. The standard InChI is InChI=1S/C38H49N7O6/c1-24(2)31-15-10-25(3)19-34(47)42-32(20-26-11-13-30(46)14-12-26)37(50)39-16-5-9-35(48)44-23-28(22-33(44)38(51)43-31)41-36(49)27-7-4-8-29(21-27)45-18-6-17-40-45/h4,6-8,11-14,17-18,21,24-25,28,31-33,46H,5,9-10,15-16,19-20,22-23H2,1-3H3,(H,39,50)(H,41,49)(H,42,47)(H,43,51)/t25-,28-,31+,32+,33+/m1/s1. The van der Waals surface area contributed by atoms with E-state index in [1.165, 1.54) is 12.1 Å². The van der Waals surface area contributed by atoms with Crippen molar-refractivity contribution in [3.8, 4) is 11.4 Å². The van der Waals surface area contributed by atoms with Crippen LogP contribution in [0.3, 0.4) is 0 Å². The molecule has 5 atom stereocenters. The Morgan fingerprint density at radius 1 is 1.02 bits per heavy atom. The summed E-state index contributed by atoms with van der Waals surface area (Å²) >= 11 is 0. The van der Waals surface area contributed by atoms with Gasteiger partial charge in [0.05, 0.1) is 5.69 Å². The van der Waals surface area contributed by atoms with Gasteiger partial charge >= 0.3 is 0 Å². The van der Waals surface area contributed by atoms with Crippen LogP contribution in [0.25, 0.3) is 5.69 Å². The van der Waals surface area contributed by atoms with Crippen LogP contribution in [0.2, 0.25) is 0 Å². The molecule has 0 spiro atoms. The Labute approximate surface area is 298 Å². The van der Waals surface area contributed by atoms with E-state index in [1.54, 1.807) is 58.4 Å². The van der Waals surface area contributed by atoms with E-state index >= 15 is 0 Å². The first-order valence-electron chi connectivity index (χ1n) is 17.8. The van der Waals surface area contributed by atoms with E-state index in [-0.39, 0.29) is 91.9 Å². The molecule has 2 fully saturated rings. The van der Waals surface area contributed by atoms with Gasteiger partial charge in [0.2, 0.25) is 23.6 Å². The van der Waals surface area contributed by atoms with E-state index in [4.69, 9.17) is 0 Å². The lowest BCUT2D eigenvalue weighted by Gasteiger charge is -2.29. The van der Waals surface area contributed by atoms with Crippen molar-refractivity contribution in [1.82, 2.24) is 35.9 Å². The summed E-state index contributed by atoms with van der Waals surface area (Å²) in [5.74, 6) is -1.24. The number of carbonyl (C=O) groups is 5. The fourth-order valence-electron chi connectivity index (χ4n) is 6.73. The molecule has 51 heavy (non-hydrogen) atoms. The minimum Gasteiger partial charge on any atom is -0.508 e. The number of carbonyl (C=O) groups excluding carboxylic acids is 5. The molecule has 13 nitrogen and oxygen atoms in total. The van der Waals surface area contributed by atoms with Crippen LogP contribution in [-0.4, -0.2) is 86.6 Å². The van der Waals surface area contributed by atoms with Gasteiger partial charge in [0.15, 0.2) is 0 Å². The first-order chi connectivity index (χ1) is 24.5. The van der Waals surface area contributed by atoms with Crippen LogP contribution in [0.4, 0.5) is 0 Å². The molecule has 5 amide bonds. The second kappa shape index (κ2) is 17.1. The van der Waals surface area contributed by atoms with E-state index in [1.807, 2.05) is 26.8 Å². The number of phenolic OH excluding ortho intramolecular Hbond substituents is 1. The average molecular weight is 700 g/mol. The smallest absolute Gasteiger partial charge is 0.251 e. The fourth-order valence-corrected chi connectivity index (χ4v) is 6.73. The number of hydrogen-bond donors (Lipinski definition) is 5. The largest absolute Gasteiger partial charge is 0.508 e. The summed E-state index contributed by atoms with van der Waals surface area (Å²) in [6.45, 7) is 6.40. The maximum Gasteiger partial charge on any atom is 0.251 e. The fraction of sp³-hybridized carbons (Fsp3) is 0.474. The third-order valence-electron chi connectivity index (χ3n) is 9.67. The summed E-state index contributed by atoms with van der Waals surface area (Å²) in [7, 11) is 0. The lowest BCUT2D eigenvalue weighted by atomic mass is 9.92. The molecule has 1 aromatic heterocycles. The lowest BCUT2D eigenvalue weighted by Crippen LogP contribution is -2.50. The van der Waals surface area contributed by atoms with Gasteiger partial charge in [-0.1, -0.05) is 39.0 Å². The molecule has 2 aliphatic heterocycles. The Morgan fingerprint density at radius 3 is 2.53 bits per heavy atom. The van der Waals surface area contributed by atoms with E-state index < -0.39 is 18.1 Å². The molecule has 0 radical (unpaired) electrons. The van der Waals surface area contributed by atoms with Crippen molar-refractivity contribution in [2.45, 2.75) is 89.9 Å². The third-order valence-corrected chi connectivity index (χ3v) is 9.67. The normalized spacial score (nSPS) is 24.2. The second-order valence-corrected chi connectivity index (χ2v) is 14.1.